The molecule has 0 aromatic heterocycles. The molecule has 0 unspecified atom stereocenters. The number of rotatable bonds is 8. The zero-order valence-electron chi connectivity index (χ0n) is 13.1. The summed E-state index contributed by atoms with van der Waals surface area (Å²) in [5.74, 6) is 0.654. The molecule has 0 radical (unpaired) electrons. The zero-order chi connectivity index (χ0) is 17.7. The van der Waals surface area contributed by atoms with Gasteiger partial charge in [0, 0.05) is 0 Å². The monoisotopic (exact) mass is 464 g/mol. The van der Waals surface area contributed by atoms with Gasteiger partial charge in [-0.15, -0.1) is 0 Å². The molecule has 1 rings (SSSR count). The van der Waals surface area contributed by atoms with Crippen molar-refractivity contribution in [1.29, 1.82) is 0 Å². The van der Waals surface area contributed by atoms with E-state index >= 15 is 0 Å². The largest absolute Gasteiger partial charge is 0.484 e. The van der Waals surface area contributed by atoms with Gasteiger partial charge in [0.2, 0.25) is 7.59 Å². The van der Waals surface area contributed by atoms with Gasteiger partial charge in [-0.1, -0.05) is 95.3 Å². The molecule has 1 fully saturated rings. The maximum Gasteiger partial charge on any atom is 0.484 e. The predicted octanol–water partition coefficient (Wildman–Crippen LogP) is 5.85. The fraction of sp³-hybridized carbons (Fsp3) is 1.00. The Hall–Kier alpha value is 1.84. The van der Waals surface area contributed by atoms with E-state index < -0.39 is 22.7 Å². The standard InChI is InChI=1S/C13H22Cl6O3Si/c1-11(2,7-10-5-3-4-6-10)22-23(20-8-12(14,15)16)21-9-13(17,18)19/h10,23H,3-9H2,1-2H3. The summed E-state index contributed by atoms with van der Waals surface area (Å²) in [6.07, 6.45) is 5.92. The molecule has 138 valence electrons. The Bertz CT molecular complexity index is 335. The molecule has 0 heterocycles. The second-order valence-electron chi connectivity index (χ2n) is 6.37. The van der Waals surface area contributed by atoms with Crippen LogP contribution in [0, 0.1) is 5.92 Å². The van der Waals surface area contributed by atoms with Gasteiger partial charge >= 0.3 is 9.53 Å². The van der Waals surface area contributed by atoms with Gasteiger partial charge < -0.3 is 13.3 Å². The van der Waals surface area contributed by atoms with E-state index in [9.17, 15) is 0 Å². The Balaban J connectivity index is 2.57. The maximum atomic E-state index is 6.03. The molecule has 1 aliphatic carbocycles. The van der Waals surface area contributed by atoms with E-state index in [-0.39, 0.29) is 13.2 Å². The first kappa shape index (κ1) is 22.9. The molecular weight excluding hydrogens is 445 g/mol. The van der Waals surface area contributed by atoms with Gasteiger partial charge in [-0.05, 0) is 26.2 Å². The van der Waals surface area contributed by atoms with Crippen LogP contribution in [-0.4, -0.2) is 35.9 Å². The lowest BCUT2D eigenvalue weighted by molar-refractivity contribution is -0.000668. The molecule has 0 aromatic carbocycles. The summed E-state index contributed by atoms with van der Waals surface area (Å²) in [5.41, 5.74) is -0.410. The highest BCUT2D eigenvalue weighted by molar-refractivity contribution is 6.68. The fourth-order valence-corrected chi connectivity index (χ4v) is 5.29. The molecule has 0 saturated heterocycles. The summed E-state index contributed by atoms with van der Waals surface area (Å²) in [6, 6.07) is 0. The Labute approximate surface area is 170 Å². The third kappa shape index (κ3) is 12.0. The van der Waals surface area contributed by atoms with Gasteiger partial charge in [0.05, 0.1) is 18.8 Å². The van der Waals surface area contributed by atoms with Crippen LogP contribution in [0.15, 0.2) is 0 Å². The molecule has 0 spiro atoms. The summed E-state index contributed by atoms with van der Waals surface area (Å²) < 4.78 is 14.0. The van der Waals surface area contributed by atoms with Crippen molar-refractivity contribution in [3.63, 3.8) is 0 Å². The van der Waals surface area contributed by atoms with Crippen LogP contribution in [0.5, 0.6) is 0 Å². The average Bonchev–Trinajstić information content (AvgIpc) is 2.82. The lowest BCUT2D eigenvalue weighted by Crippen LogP contribution is -2.41. The van der Waals surface area contributed by atoms with E-state index in [0.717, 1.165) is 6.42 Å². The molecule has 0 aliphatic heterocycles. The van der Waals surface area contributed by atoms with Crippen LogP contribution in [0.3, 0.4) is 0 Å². The summed E-state index contributed by atoms with van der Waals surface area (Å²) in [6.45, 7) is 3.72. The van der Waals surface area contributed by atoms with Crippen molar-refractivity contribution in [3.05, 3.63) is 0 Å². The number of hydrogen-bond donors (Lipinski definition) is 0. The Morgan fingerprint density at radius 1 is 0.870 bits per heavy atom. The van der Waals surface area contributed by atoms with Crippen LogP contribution < -0.4 is 0 Å². The van der Waals surface area contributed by atoms with Crippen LogP contribution >= 0.6 is 69.6 Å². The van der Waals surface area contributed by atoms with Crippen molar-refractivity contribution in [2.24, 2.45) is 5.92 Å². The molecule has 0 atom stereocenters. The van der Waals surface area contributed by atoms with E-state index in [1.165, 1.54) is 25.7 Å². The van der Waals surface area contributed by atoms with E-state index in [2.05, 4.69) is 0 Å². The first-order chi connectivity index (χ1) is 10.4. The van der Waals surface area contributed by atoms with Crippen LogP contribution in [0.2, 0.25) is 0 Å². The highest BCUT2D eigenvalue weighted by atomic mass is 35.6. The van der Waals surface area contributed by atoms with Gasteiger partial charge in [-0.2, -0.15) is 0 Å². The van der Waals surface area contributed by atoms with Crippen molar-refractivity contribution in [3.8, 4) is 0 Å². The number of alkyl halides is 6. The summed E-state index contributed by atoms with van der Waals surface area (Å²) in [5, 5.41) is 0. The van der Waals surface area contributed by atoms with Gasteiger partial charge in [0.15, 0.2) is 0 Å². The Morgan fingerprint density at radius 2 is 1.30 bits per heavy atom. The molecule has 1 saturated carbocycles. The molecule has 10 heteroatoms. The first-order valence-corrected chi connectivity index (χ1v) is 11.1. The van der Waals surface area contributed by atoms with E-state index in [4.69, 9.17) is 82.9 Å². The average molecular weight is 467 g/mol. The second kappa shape index (κ2) is 9.68. The fourth-order valence-electron chi connectivity index (χ4n) is 2.66. The van der Waals surface area contributed by atoms with Crippen LogP contribution in [0.25, 0.3) is 0 Å². The SMILES string of the molecule is CC(C)(CC1CCCC1)O[SiH](OCC(Cl)(Cl)Cl)OCC(Cl)(Cl)Cl. The quantitative estimate of drug-likeness (QED) is 0.331. The third-order valence-electron chi connectivity index (χ3n) is 3.44. The Morgan fingerprint density at radius 3 is 1.70 bits per heavy atom. The number of halogens is 6. The molecule has 0 N–H and O–H groups in total. The minimum atomic E-state index is -2.63. The van der Waals surface area contributed by atoms with Gasteiger partial charge in [0.1, 0.15) is 0 Å². The minimum Gasteiger partial charge on any atom is -0.371 e. The summed E-state index contributed by atoms with van der Waals surface area (Å²) >= 11 is 34.3. The summed E-state index contributed by atoms with van der Waals surface area (Å²) in [7, 11) is -2.63. The molecule has 23 heavy (non-hydrogen) atoms. The van der Waals surface area contributed by atoms with E-state index in [1.54, 1.807) is 0 Å². The van der Waals surface area contributed by atoms with Crippen LogP contribution in [0.4, 0.5) is 0 Å². The van der Waals surface area contributed by atoms with E-state index in [1.807, 2.05) is 13.8 Å². The molecule has 0 amide bonds. The van der Waals surface area contributed by atoms with Crippen molar-refractivity contribution in [1.82, 2.24) is 0 Å². The zero-order valence-corrected chi connectivity index (χ0v) is 18.8. The van der Waals surface area contributed by atoms with Crippen LogP contribution in [0.1, 0.15) is 46.0 Å². The topological polar surface area (TPSA) is 27.7 Å². The second-order valence-corrected chi connectivity index (χ2v) is 12.9. The predicted molar refractivity (Wildman–Crippen MR) is 101 cm³/mol. The third-order valence-corrected chi connectivity index (χ3v) is 5.80. The van der Waals surface area contributed by atoms with Crippen LogP contribution in [-0.2, 0) is 13.3 Å². The normalized spacial score (nSPS) is 18.1. The van der Waals surface area contributed by atoms with Crippen molar-refractivity contribution in [2.75, 3.05) is 13.2 Å². The Kier molecular flexibility index (Phi) is 9.63. The highest BCUT2D eigenvalue weighted by Gasteiger charge is 2.34. The maximum absolute atomic E-state index is 6.03. The molecular formula is C13H22Cl6O3Si. The van der Waals surface area contributed by atoms with Gasteiger partial charge in [-0.25, -0.2) is 0 Å². The lowest BCUT2D eigenvalue weighted by Gasteiger charge is -2.32. The minimum absolute atomic E-state index is 0.145. The molecule has 3 nitrogen and oxygen atoms in total. The number of hydrogen-bond acceptors (Lipinski definition) is 3. The van der Waals surface area contributed by atoms with Crippen molar-refractivity contribution >= 4 is 79.1 Å². The van der Waals surface area contributed by atoms with Crippen molar-refractivity contribution < 1.29 is 13.3 Å². The molecule has 0 aromatic rings. The lowest BCUT2D eigenvalue weighted by atomic mass is 9.92. The van der Waals surface area contributed by atoms with Crippen molar-refractivity contribution in [2.45, 2.75) is 59.1 Å². The molecule has 0 bridgehead atoms. The van der Waals surface area contributed by atoms with E-state index in [0.29, 0.717) is 5.92 Å². The summed E-state index contributed by atoms with van der Waals surface area (Å²) in [4.78, 5) is 0. The first-order valence-electron chi connectivity index (χ1n) is 7.41. The highest BCUT2D eigenvalue weighted by Crippen LogP contribution is 2.34. The smallest absolute Gasteiger partial charge is 0.371 e. The molecule has 1 aliphatic rings. The van der Waals surface area contributed by atoms with Gasteiger partial charge in [-0.3, -0.25) is 0 Å². The van der Waals surface area contributed by atoms with Gasteiger partial charge in [0.25, 0.3) is 0 Å².